The van der Waals surface area contributed by atoms with Crippen LogP contribution < -0.4 is 15.5 Å². The van der Waals surface area contributed by atoms with Crippen LogP contribution in [0, 0.1) is 0 Å². The zero-order chi connectivity index (χ0) is 63.5. The van der Waals surface area contributed by atoms with Crippen molar-refractivity contribution in [2.75, 3.05) is 36.0 Å². The number of hydrogen-bond donors (Lipinski definition) is 1. The Balaban J connectivity index is 0.000000311. The molecule has 2 aliphatic rings. The predicted octanol–water partition coefficient (Wildman–Crippen LogP) is 14.9. The van der Waals surface area contributed by atoms with Crippen LogP contribution in [0.5, 0.6) is 0 Å². The Labute approximate surface area is 454 Å². The molecule has 2 unspecified atom stereocenters. The van der Waals surface area contributed by atoms with E-state index >= 15 is 0 Å². The molecule has 0 amide bonds. The molecule has 462 valence electrons. The van der Waals surface area contributed by atoms with E-state index in [-0.39, 0.29) is 79.8 Å². The first-order valence-electron chi connectivity index (χ1n) is 24.0. The summed E-state index contributed by atoms with van der Waals surface area (Å²) in [5.74, 6) is -2.42. The summed E-state index contributed by atoms with van der Waals surface area (Å²) in [5.41, 5.74) is -15.4. The van der Waals surface area contributed by atoms with Crippen LogP contribution in [0.15, 0.2) is 60.7 Å². The van der Waals surface area contributed by atoms with Crippen molar-refractivity contribution in [2.24, 2.45) is 5.73 Å². The van der Waals surface area contributed by atoms with Crippen LogP contribution in [0.25, 0.3) is 0 Å². The van der Waals surface area contributed by atoms with Gasteiger partial charge in [0, 0.05) is 58.4 Å². The van der Waals surface area contributed by atoms with E-state index in [0.29, 0.717) is 0 Å². The molecule has 4 heterocycles. The van der Waals surface area contributed by atoms with E-state index in [9.17, 15) is 120 Å². The molecule has 4 aromatic rings. The highest BCUT2D eigenvalue weighted by atomic mass is 19.4. The average molecular weight is 1240 g/mol. The fourth-order valence-electron chi connectivity index (χ4n) is 8.62. The number of anilines is 2. The van der Waals surface area contributed by atoms with Crippen molar-refractivity contribution < 1.29 is 124 Å². The van der Waals surface area contributed by atoms with Crippen molar-refractivity contribution in [3.63, 3.8) is 0 Å². The van der Waals surface area contributed by atoms with Gasteiger partial charge in [-0.3, -0.25) is 14.4 Å². The maximum Gasteiger partial charge on any atom is 0.433 e. The van der Waals surface area contributed by atoms with Gasteiger partial charge in [-0.25, -0.2) is 9.97 Å². The number of nitrogens with two attached hydrogens (primary N) is 1. The van der Waals surface area contributed by atoms with Gasteiger partial charge in [0.15, 0.2) is 5.69 Å². The predicted molar refractivity (Wildman–Crippen MR) is 244 cm³/mol. The number of rotatable bonds is 11. The standard InChI is InChI=1S/C24H20F12N2O.C20H15F12N3.C6H10O3/c1-2-17(39)5-3-13-4-6-18(37-19(13)23(31,32)33)38-8-7-20(12-38,24(34,35)36)14-9-15(21(25,26)27)11-16(10-14)22(28,29)30;21-17(22,23)12-5-11(6-13(7-12)18(24,25)26)16(20(30,31)32)3-4-35(9-16)14-2-1-10(8-33)15(34-14)19(27,28)29;1-3-5(7)9-6(8)4-2/h4,6,9-11H,2-3,5,7-8,12H2,1H3;1-2,5-7H,3-4,8-9,33H2;3-4H2,1-2H3. The normalized spacial score (nSPS) is 18.3. The number of alkyl halides is 24. The lowest BCUT2D eigenvalue weighted by Crippen LogP contribution is -2.45. The van der Waals surface area contributed by atoms with Gasteiger partial charge in [0.1, 0.15) is 33.9 Å². The Bertz CT molecular complexity index is 2860. The number of halogens is 24. The van der Waals surface area contributed by atoms with E-state index in [1.165, 1.54) is 6.92 Å². The summed E-state index contributed by atoms with van der Waals surface area (Å²) < 4.78 is 330. The summed E-state index contributed by atoms with van der Waals surface area (Å²) in [6, 6.07) is 3.08. The topological polar surface area (TPSA) is 119 Å². The first kappa shape index (κ1) is 68.9. The molecule has 2 aliphatic heterocycles. The lowest BCUT2D eigenvalue weighted by Gasteiger charge is -2.33. The number of carbonyl (C=O) groups is 3. The molecule has 83 heavy (non-hydrogen) atoms. The number of Topliss-reactive ketones (excluding diaryl/α,β-unsaturated/α-hetero) is 1. The van der Waals surface area contributed by atoms with Crippen molar-refractivity contribution in [3.05, 3.63) is 117 Å². The average Bonchev–Trinajstić information content (AvgIpc) is 2.07. The van der Waals surface area contributed by atoms with E-state index in [1.54, 1.807) is 13.8 Å². The van der Waals surface area contributed by atoms with Gasteiger partial charge in [-0.05, 0) is 90.0 Å². The number of esters is 2. The highest BCUT2D eigenvalue weighted by molar-refractivity contribution is 5.85. The van der Waals surface area contributed by atoms with Gasteiger partial charge >= 0.3 is 61.3 Å². The number of carbonyl (C=O) groups excluding carboxylic acids is 3. The molecule has 2 saturated heterocycles. The van der Waals surface area contributed by atoms with Crippen LogP contribution in [0.1, 0.15) is 115 Å². The van der Waals surface area contributed by atoms with E-state index in [2.05, 4.69) is 14.7 Å². The molecule has 0 saturated carbocycles. The molecule has 0 aliphatic carbocycles. The quantitative estimate of drug-likeness (QED) is 0.0889. The van der Waals surface area contributed by atoms with Crippen molar-refractivity contribution >= 4 is 29.4 Å². The molecule has 9 nitrogen and oxygen atoms in total. The summed E-state index contributed by atoms with van der Waals surface area (Å²) in [6.07, 6.45) is -44.4. The van der Waals surface area contributed by atoms with Gasteiger partial charge in [-0.1, -0.05) is 32.9 Å². The molecular weight excluding hydrogens is 1190 g/mol. The molecule has 0 radical (unpaired) electrons. The smallest absolute Gasteiger partial charge is 0.393 e. The summed E-state index contributed by atoms with van der Waals surface area (Å²) in [4.78, 5) is 40.5. The zero-order valence-corrected chi connectivity index (χ0v) is 42.8. The van der Waals surface area contributed by atoms with Crippen LogP contribution in [0.3, 0.4) is 0 Å². The largest absolute Gasteiger partial charge is 0.433 e. The van der Waals surface area contributed by atoms with Gasteiger partial charge in [0.25, 0.3) is 0 Å². The summed E-state index contributed by atoms with van der Waals surface area (Å²) in [5, 5.41) is 0. The summed E-state index contributed by atoms with van der Waals surface area (Å²) >= 11 is 0. The Kier molecular flexibility index (Phi) is 20.7. The monoisotopic (exact) mass is 1240 g/mol. The minimum absolute atomic E-state index is 0.0156. The van der Waals surface area contributed by atoms with Crippen LogP contribution in [-0.4, -0.2) is 66.2 Å². The van der Waals surface area contributed by atoms with Gasteiger partial charge in [0.2, 0.25) is 0 Å². The molecule has 0 bridgehead atoms. The Morgan fingerprint density at radius 2 is 0.807 bits per heavy atom. The van der Waals surface area contributed by atoms with Gasteiger partial charge in [-0.2, -0.15) is 105 Å². The highest BCUT2D eigenvalue weighted by Crippen LogP contribution is 2.53. The Morgan fingerprint density at radius 3 is 1.08 bits per heavy atom. The number of aromatic nitrogens is 2. The molecule has 2 atom stereocenters. The van der Waals surface area contributed by atoms with Crippen molar-refractivity contribution in [1.82, 2.24) is 9.97 Å². The van der Waals surface area contributed by atoms with Gasteiger partial charge in [-0.15, -0.1) is 0 Å². The first-order chi connectivity index (χ1) is 37.7. The van der Waals surface area contributed by atoms with E-state index in [1.807, 2.05) is 0 Å². The highest BCUT2D eigenvalue weighted by Gasteiger charge is 2.62. The van der Waals surface area contributed by atoms with Crippen LogP contribution in [0.2, 0.25) is 0 Å². The SMILES string of the molecule is CCC(=O)CCc1ccc(N2CCC(c3cc(C(F)(F)F)cc(C(F)(F)F)c3)(C(F)(F)F)C2)nc1C(F)(F)F.CCC(=O)OC(=O)CC.NCc1ccc(N2CCC(c3cc(C(F)(F)F)cc(C(F)(F)F)c3)(C(F)(F)F)C2)nc1C(F)(F)F. The van der Waals surface area contributed by atoms with E-state index < -0.39 is 180 Å². The number of nitrogens with zero attached hydrogens (tertiary/aromatic N) is 4. The van der Waals surface area contributed by atoms with E-state index in [4.69, 9.17) is 5.73 Å². The first-order valence-corrected chi connectivity index (χ1v) is 24.0. The minimum atomic E-state index is -5.40. The Morgan fingerprint density at radius 1 is 0.482 bits per heavy atom. The number of ketones is 1. The summed E-state index contributed by atoms with van der Waals surface area (Å²) in [7, 11) is 0. The maximum absolute atomic E-state index is 14.4. The number of hydrogen-bond acceptors (Lipinski definition) is 9. The number of aryl methyl sites for hydroxylation is 1. The van der Waals surface area contributed by atoms with Crippen LogP contribution in [-0.2, 0) is 80.0 Å². The molecule has 2 N–H and O–H groups in total. The second-order valence-corrected chi connectivity index (χ2v) is 18.6. The van der Waals surface area contributed by atoms with Gasteiger partial charge < -0.3 is 20.3 Å². The summed E-state index contributed by atoms with van der Waals surface area (Å²) in [6.45, 7) is 0.402. The third-order valence-corrected chi connectivity index (χ3v) is 13.1. The van der Waals surface area contributed by atoms with Gasteiger partial charge in [0.05, 0.1) is 22.3 Å². The second-order valence-electron chi connectivity index (χ2n) is 18.6. The molecule has 6 rings (SSSR count). The van der Waals surface area contributed by atoms with Crippen LogP contribution in [0.4, 0.5) is 117 Å². The molecule has 2 fully saturated rings. The minimum Gasteiger partial charge on any atom is -0.393 e. The van der Waals surface area contributed by atoms with Crippen LogP contribution >= 0.6 is 0 Å². The third-order valence-electron chi connectivity index (χ3n) is 13.1. The number of ether oxygens (including phenoxy) is 1. The van der Waals surface area contributed by atoms with Crippen molar-refractivity contribution in [2.45, 2.75) is 133 Å². The van der Waals surface area contributed by atoms with Crippen molar-refractivity contribution in [3.8, 4) is 0 Å². The molecule has 2 aromatic heterocycles. The fourth-order valence-corrected chi connectivity index (χ4v) is 8.62. The molecular formula is C50H45F24N5O4. The molecule has 33 heteroatoms. The molecule has 2 aromatic carbocycles. The Hall–Kier alpha value is -6.57. The van der Waals surface area contributed by atoms with E-state index in [0.717, 1.165) is 34.1 Å². The van der Waals surface area contributed by atoms with Crippen molar-refractivity contribution in [1.29, 1.82) is 0 Å². The molecule has 0 spiro atoms. The number of benzene rings is 2. The fraction of sp³-hybridized carbons (Fsp3) is 0.500. The maximum atomic E-state index is 14.4. The second kappa shape index (κ2) is 24.9. The lowest BCUT2D eigenvalue weighted by molar-refractivity contribution is -0.185. The number of pyridine rings is 2. The lowest BCUT2D eigenvalue weighted by atomic mass is 9.77. The zero-order valence-electron chi connectivity index (χ0n) is 42.8. The third kappa shape index (κ3) is 16.6.